The van der Waals surface area contributed by atoms with Crippen LogP contribution >= 0.6 is 0 Å². The summed E-state index contributed by atoms with van der Waals surface area (Å²) in [5.41, 5.74) is 5.52. The predicted molar refractivity (Wildman–Crippen MR) is 65.9 cm³/mol. The third-order valence-corrected chi connectivity index (χ3v) is 2.27. The van der Waals surface area contributed by atoms with Crippen molar-refractivity contribution in [2.24, 2.45) is 5.73 Å². The number of aliphatic carboxylic acids is 2. The topological polar surface area (TPSA) is 181 Å². The zero-order valence-corrected chi connectivity index (χ0v) is 11.1. The first-order valence-electron chi connectivity index (χ1n) is 5.86. The number of carboxylic acids is 2. The Labute approximate surface area is 118 Å². The first-order chi connectivity index (χ1) is 9.79. The lowest BCUT2D eigenvalue weighted by Crippen LogP contribution is -2.46. The lowest BCUT2D eigenvalue weighted by Gasteiger charge is -2.12. The molecule has 0 radical (unpaired) electrons. The molecule has 1 aromatic rings. The highest BCUT2D eigenvalue weighted by molar-refractivity contribution is 5.86. The summed E-state index contributed by atoms with van der Waals surface area (Å²) in [4.78, 5) is 36.6. The van der Waals surface area contributed by atoms with E-state index in [0.29, 0.717) is 0 Å². The van der Waals surface area contributed by atoms with Gasteiger partial charge in [-0.1, -0.05) is 5.16 Å². The summed E-state index contributed by atoms with van der Waals surface area (Å²) in [6.07, 6.45) is -0.738. The summed E-state index contributed by atoms with van der Waals surface area (Å²) in [6.45, 7) is 1.50. The van der Waals surface area contributed by atoms with E-state index in [2.05, 4.69) is 15.5 Å². The molecule has 0 aliphatic heterocycles. The van der Waals surface area contributed by atoms with Crippen molar-refractivity contribution in [2.45, 2.75) is 32.0 Å². The highest BCUT2D eigenvalue weighted by Gasteiger charge is 2.23. The van der Waals surface area contributed by atoms with Crippen LogP contribution in [0.4, 0.5) is 4.79 Å². The minimum atomic E-state index is -1.54. The monoisotopic (exact) mass is 301 g/mol. The lowest BCUT2D eigenvalue weighted by molar-refractivity contribution is -0.145. The van der Waals surface area contributed by atoms with E-state index in [4.69, 9.17) is 20.5 Å². The van der Waals surface area contributed by atoms with Gasteiger partial charge < -0.3 is 31.1 Å². The van der Waals surface area contributed by atoms with E-state index in [1.165, 1.54) is 0 Å². The summed E-state index contributed by atoms with van der Waals surface area (Å²) >= 11 is 0. The number of nitrogens with two attached hydrogens (primary N) is 1. The maximum atomic E-state index is 11.5. The summed E-state index contributed by atoms with van der Waals surface area (Å²) in [5.74, 6) is -2.45. The Morgan fingerprint density at radius 1 is 1.38 bits per heavy atom. The van der Waals surface area contributed by atoms with Gasteiger partial charge in [-0.05, 0) is 6.92 Å². The molecule has 0 aliphatic carbocycles. The molecule has 21 heavy (non-hydrogen) atoms. The average molecular weight is 301 g/mol. The van der Waals surface area contributed by atoms with Crippen molar-refractivity contribution in [3.8, 4) is 0 Å². The second-order valence-electron chi connectivity index (χ2n) is 4.15. The zero-order chi connectivity index (χ0) is 16.0. The molecule has 2 atom stereocenters. The van der Waals surface area contributed by atoms with E-state index < -0.39 is 36.5 Å². The van der Waals surface area contributed by atoms with Gasteiger partial charge in [-0.3, -0.25) is 4.79 Å². The van der Waals surface area contributed by atoms with Gasteiger partial charge in [-0.25, -0.2) is 9.59 Å². The van der Waals surface area contributed by atoms with Crippen LogP contribution in [0.15, 0.2) is 4.52 Å². The molecule has 0 spiro atoms. The Morgan fingerprint density at radius 3 is 2.52 bits per heavy atom. The van der Waals surface area contributed by atoms with E-state index in [1.54, 1.807) is 6.92 Å². The quantitative estimate of drug-likeness (QED) is 0.413. The molecule has 6 N–H and O–H groups in total. The molecule has 116 valence electrons. The van der Waals surface area contributed by atoms with Crippen LogP contribution in [-0.4, -0.2) is 44.4 Å². The van der Waals surface area contributed by atoms with E-state index in [9.17, 15) is 14.4 Å². The van der Waals surface area contributed by atoms with Crippen molar-refractivity contribution in [3.05, 3.63) is 11.7 Å². The molecule has 0 aliphatic rings. The number of hydrogen-bond acceptors (Lipinski definition) is 7. The van der Waals surface area contributed by atoms with Crippen molar-refractivity contribution >= 4 is 18.0 Å². The molecule has 1 heterocycles. The van der Waals surface area contributed by atoms with Crippen LogP contribution in [0.3, 0.4) is 0 Å². The van der Waals surface area contributed by atoms with Gasteiger partial charge in [-0.15, -0.1) is 0 Å². The van der Waals surface area contributed by atoms with E-state index in [-0.39, 0.29) is 18.3 Å². The van der Waals surface area contributed by atoms with Gasteiger partial charge >= 0.3 is 18.0 Å². The number of rotatable bonds is 7. The number of amides is 2. The molecule has 0 saturated carbocycles. The smallest absolute Gasteiger partial charge is 0.326 e. The molecule has 0 aromatic carbocycles. The van der Waals surface area contributed by atoms with Crippen LogP contribution in [0.1, 0.15) is 31.1 Å². The molecule has 1 rings (SSSR count). The number of aromatic nitrogens is 2. The maximum Gasteiger partial charge on any atom is 0.326 e. The Hall–Kier alpha value is -2.69. The molecule has 0 bridgehead atoms. The highest BCUT2D eigenvalue weighted by atomic mass is 16.5. The minimum absolute atomic E-state index is 0.0857. The molecule has 2 amide bonds. The molecule has 11 heteroatoms. The summed E-state index contributed by atoms with van der Waals surface area (Å²) < 4.78 is 4.80. The Balaban J connectivity index is 2.48. The lowest BCUT2D eigenvalue weighted by atomic mass is 10.2. The van der Waals surface area contributed by atoms with Crippen LogP contribution in [0, 0.1) is 0 Å². The highest BCUT2D eigenvalue weighted by Crippen LogP contribution is 2.04. The van der Waals surface area contributed by atoms with Crippen LogP contribution < -0.4 is 16.4 Å². The standard InChI is InChI=1S/C10H15N5O6/c1-4(11)8-14-6(21-15-8)3-12-10(20)13-5(9(18)19)2-7(16)17/h4-5H,2-3,11H2,1H3,(H,16,17)(H,18,19)(H2,12,13,20). The molecular weight excluding hydrogens is 286 g/mol. The van der Waals surface area contributed by atoms with Crippen LogP contribution in [-0.2, 0) is 16.1 Å². The summed E-state index contributed by atoms with van der Waals surface area (Å²) in [7, 11) is 0. The fourth-order valence-corrected chi connectivity index (χ4v) is 1.26. The maximum absolute atomic E-state index is 11.5. The number of carboxylic acid groups (broad SMARTS) is 2. The molecule has 0 fully saturated rings. The molecule has 0 saturated heterocycles. The molecule has 1 aromatic heterocycles. The van der Waals surface area contributed by atoms with E-state index in [1.807, 2.05) is 5.32 Å². The molecule has 11 nitrogen and oxygen atoms in total. The fourth-order valence-electron chi connectivity index (χ4n) is 1.26. The van der Waals surface area contributed by atoms with Gasteiger partial charge in [-0.2, -0.15) is 4.98 Å². The van der Waals surface area contributed by atoms with Gasteiger partial charge in [0.25, 0.3) is 0 Å². The van der Waals surface area contributed by atoms with Crippen molar-refractivity contribution in [1.82, 2.24) is 20.8 Å². The van der Waals surface area contributed by atoms with Gasteiger partial charge in [0, 0.05) is 0 Å². The first kappa shape index (κ1) is 16.4. The van der Waals surface area contributed by atoms with Crippen LogP contribution in [0.25, 0.3) is 0 Å². The predicted octanol–water partition coefficient (Wildman–Crippen LogP) is -1.18. The second-order valence-corrected chi connectivity index (χ2v) is 4.15. The SMILES string of the molecule is CC(N)c1noc(CNC(=O)NC(CC(=O)O)C(=O)O)n1. The van der Waals surface area contributed by atoms with Crippen molar-refractivity contribution in [1.29, 1.82) is 0 Å². The first-order valence-corrected chi connectivity index (χ1v) is 5.86. The van der Waals surface area contributed by atoms with Gasteiger partial charge in [0.1, 0.15) is 6.04 Å². The number of nitrogens with one attached hydrogen (secondary N) is 2. The summed E-state index contributed by atoms with van der Waals surface area (Å²) in [6, 6.07) is -2.84. The number of carbonyl (C=O) groups is 3. The Bertz CT molecular complexity index is 528. The number of carbonyl (C=O) groups excluding carboxylic acids is 1. The third-order valence-electron chi connectivity index (χ3n) is 2.27. The zero-order valence-electron chi connectivity index (χ0n) is 11.1. The fraction of sp³-hybridized carbons (Fsp3) is 0.500. The molecular formula is C10H15N5O6. The Morgan fingerprint density at radius 2 is 2.05 bits per heavy atom. The van der Waals surface area contributed by atoms with Gasteiger partial charge in [0.15, 0.2) is 5.82 Å². The van der Waals surface area contributed by atoms with Crippen LogP contribution in [0.5, 0.6) is 0 Å². The molecule has 2 unspecified atom stereocenters. The van der Waals surface area contributed by atoms with Gasteiger partial charge in [0.05, 0.1) is 19.0 Å². The van der Waals surface area contributed by atoms with Crippen molar-refractivity contribution < 1.29 is 29.1 Å². The summed E-state index contributed by atoms with van der Waals surface area (Å²) in [5, 5.41) is 25.1. The van der Waals surface area contributed by atoms with E-state index >= 15 is 0 Å². The van der Waals surface area contributed by atoms with Crippen molar-refractivity contribution in [2.75, 3.05) is 0 Å². The number of urea groups is 1. The average Bonchev–Trinajstić information content (AvgIpc) is 2.83. The van der Waals surface area contributed by atoms with Crippen molar-refractivity contribution in [3.63, 3.8) is 0 Å². The Kier molecular flexibility index (Phi) is 5.60. The second kappa shape index (κ2) is 7.19. The number of nitrogens with zero attached hydrogens (tertiary/aromatic N) is 2. The number of hydrogen-bond donors (Lipinski definition) is 5. The van der Waals surface area contributed by atoms with Crippen LogP contribution in [0.2, 0.25) is 0 Å². The van der Waals surface area contributed by atoms with E-state index in [0.717, 1.165) is 0 Å². The largest absolute Gasteiger partial charge is 0.481 e. The minimum Gasteiger partial charge on any atom is -0.481 e. The van der Waals surface area contributed by atoms with Gasteiger partial charge in [0.2, 0.25) is 5.89 Å². The third kappa shape index (κ3) is 5.44. The normalized spacial score (nSPS) is 13.2.